The van der Waals surface area contributed by atoms with Gasteiger partial charge in [0.1, 0.15) is 0 Å². The quantitative estimate of drug-likeness (QED) is 0.660. The third-order valence-corrected chi connectivity index (χ3v) is 3.82. The zero-order valence-electron chi connectivity index (χ0n) is 11.3. The Morgan fingerprint density at radius 3 is 2.80 bits per heavy atom. The van der Waals surface area contributed by atoms with Crippen molar-refractivity contribution in [3.05, 3.63) is 38.3 Å². The summed E-state index contributed by atoms with van der Waals surface area (Å²) in [5.41, 5.74) is 0.255. The molecule has 1 fully saturated rings. The number of halogens is 1. The third-order valence-electron chi connectivity index (χ3n) is 3.37. The summed E-state index contributed by atoms with van der Waals surface area (Å²) in [6, 6.07) is 4.62. The van der Waals surface area contributed by atoms with Crippen molar-refractivity contribution < 1.29 is 9.72 Å². The molecular weight excluding hydrogens is 326 g/mol. The first kappa shape index (κ1) is 14.9. The second kappa shape index (κ2) is 5.88. The average Bonchev–Trinajstić information content (AvgIpc) is 2.40. The number of nitrogens with zero attached hydrogens (tertiary/aromatic N) is 2. The lowest BCUT2D eigenvalue weighted by molar-refractivity contribution is -0.385. The second-order valence-corrected chi connectivity index (χ2v) is 5.99. The number of nitrogens with one attached hydrogen (secondary N) is 1. The molecule has 0 saturated carbocycles. The Kier molecular flexibility index (Phi) is 4.39. The molecule has 1 aromatic rings. The zero-order valence-corrected chi connectivity index (χ0v) is 12.9. The van der Waals surface area contributed by atoms with E-state index < -0.39 is 4.92 Å². The van der Waals surface area contributed by atoms with E-state index in [0.717, 1.165) is 6.54 Å². The van der Waals surface area contributed by atoms with Crippen LogP contribution in [0.4, 0.5) is 5.69 Å². The summed E-state index contributed by atoms with van der Waals surface area (Å²) >= 11 is 3.21. The molecule has 7 heteroatoms. The van der Waals surface area contributed by atoms with Crippen molar-refractivity contribution in [1.82, 2.24) is 10.2 Å². The number of hydrogen-bond acceptors (Lipinski definition) is 4. The SMILES string of the molecule is CC1CN(C(=O)c2cc(Br)cc([N+](=O)[O-])c2)C(C)CN1. The van der Waals surface area contributed by atoms with E-state index in [1.165, 1.54) is 12.1 Å². The van der Waals surface area contributed by atoms with E-state index in [9.17, 15) is 14.9 Å². The normalized spacial score (nSPS) is 22.6. The van der Waals surface area contributed by atoms with E-state index in [4.69, 9.17) is 0 Å². The number of carbonyl (C=O) groups is 1. The first-order chi connectivity index (χ1) is 9.38. The molecule has 1 amide bonds. The predicted molar refractivity (Wildman–Crippen MR) is 78.8 cm³/mol. The van der Waals surface area contributed by atoms with E-state index in [1.54, 1.807) is 11.0 Å². The molecule has 1 aliphatic rings. The number of piperazine rings is 1. The van der Waals surface area contributed by atoms with Crippen LogP contribution in [0, 0.1) is 10.1 Å². The Bertz CT molecular complexity index is 550. The highest BCUT2D eigenvalue weighted by Gasteiger charge is 2.28. The molecule has 2 atom stereocenters. The van der Waals surface area contributed by atoms with E-state index in [1.807, 2.05) is 13.8 Å². The fourth-order valence-electron chi connectivity index (χ4n) is 2.27. The fourth-order valence-corrected chi connectivity index (χ4v) is 2.75. The van der Waals surface area contributed by atoms with Crippen LogP contribution in [0.15, 0.2) is 22.7 Å². The Labute approximate surface area is 125 Å². The smallest absolute Gasteiger partial charge is 0.271 e. The van der Waals surface area contributed by atoms with Gasteiger partial charge in [0.15, 0.2) is 0 Å². The van der Waals surface area contributed by atoms with Gasteiger partial charge in [-0.05, 0) is 19.9 Å². The van der Waals surface area contributed by atoms with Gasteiger partial charge >= 0.3 is 0 Å². The minimum absolute atomic E-state index is 0.0664. The van der Waals surface area contributed by atoms with E-state index in [2.05, 4.69) is 21.2 Å². The minimum Gasteiger partial charge on any atom is -0.333 e. The highest BCUT2D eigenvalue weighted by atomic mass is 79.9. The molecule has 108 valence electrons. The minimum atomic E-state index is -0.495. The highest BCUT2D eigenvalue weighted by molar-refractivity contribution is 9.10. The third kappa shape index (κ3) is 3.16. The second-order valence-electron chi connectivity index (χ2n) is 5.07. The summed E-state index contributed by atoms with van der Waals surface area (Å²) in [4.78, 5) is 24.7. The summed E-state index contributed by atoms with van der Waals surface area (Å²) in [5.74, 6) is -0.171. The molecule has 6 nitrogen and oxygen atoms in total. The molecule has 0 spiro atoms. The van der Waals surface area contributed by atoms with Crippen LogP contribution < -0.4 is 5.32 Å². The van der Waals surface area contributed by atoms with Crippen LogP contribution in [0.5, 0.6) is 0 Å². The number of benzene rings is 1. The van der Waals surface area contributed by atoms with Gasteiger partial charge < -0.3 is 10.2 Å². The van der Waals surface area contributed by atoms with Crippen molar-refractivity contribution in [3.63, 3.8) is 0 Å². The number of nitro benzene ring substituents is 1. The van der Waals surface area contributed by atoms with Crippen LogP contribution in [0.3, 0.4) is 0 Å². The lowest BCUT2D eigenvalue weighted by Gasteiger charge is -2.37. The molecule has 2 rings (SSSR count). The molecule has 1 aromatic carbocycles. The maximum absolute atomic E-state index is 12.5. The number of carbonyl (C=O) groups excluding carboxylic acids is 1. The Morgan fingerprint density at radius 1 is 1.45 bits per heavy atom. The molecule has 1 heterocycles. The molecule has 20 heavy (non-hydrogen) atoms. The summed E-state index contributed by atoms with van der Waals surface area (Å²) < 4.78 is 0.533. The molecule has 0 bridgehead atoms. The van der Waals surface area contributed by atoms with Gasteiger partial charge in [-0.1, -0.05) is 15.9 Å². The van der Waals surface area contributed by atoms with Crippen LogP contribution >= 0.6 is 15.9 Å². The van der Waals surface area contributed by atoms with Gasteiger partial charge in [-0.2, -0.15) is 0 Å². The fraction of sp³-hybridized carbons (Fsp3) is 0.462. The topological polar surface area (TPSA) is 75.5 Å². The summed E-state index contributed by atoms with van der Waals surface area (Å²) in [6.45, 7) is 5.29. The molecule has 0 radical (unpaired) electrons. The van der Waals surface area contributed by atoms with E-state index in [-0.39, 0.29) is 23.7 Å². The first-order valence-electron chi connectivity index (χ1n) is 6.38. The van der Waals surface area contributed by atoms with Crippen molar-refractivity contribution in [2.75, 3.05) is 13.1 Å². The lowest BCUT2D eigenvalue weighted by atomic mass is 10.1. The monoisotopic (exact) mass is 341 g/mol. The molecule has 1 N–H and O–H groups in total. The van der Waals surface area contributed by atoms with Crippen LogP contribution in [-0.2, 0) is 0 Å². The van der Waals surface area contributed by atoms with Crippen LogP contribution in [0.25, 0.3) is 0 Å². The van der Waals surface area contributed by atoms with Gasteiger partial charge in [0.2, 0.25) is 0 Å². The summed E-state index contributed by atoms with van der Waals surface area (Å²) in [6.07, 6.45) is 0. The predicted octanol–water partition coefficient (Wildman–Crippen LogP) is 2.18. The molecule has 0 aromatic heterocycles. The zero-order chi connectivity index (χ0) is 14.9. The number of nitro groups is 1. The molecular formula is C13H16BrN3O3. The lowest BCUT2D eigenvalue weighted by Crippen LogP contribution is -2.56. The number of non-ortho nitro benzene ring substituents is 1. The van der Waals surface area contributed by atoms with Crippen molar-refractivity contribution in [2.24, 2.45) is 0 Å². The maximum atomic E-state index is 12.5. The van der Waals surface area contributed by atoms with Crippen LogP contribution in [0.1, 0.15) is 24.2 Å². The van der Waals surface area contributed by atoms with Gasteiger partial charge in [-0.25, -0.2) is 0 Å². The summed E-state index contributed by atoms with van der Waals surface area (Å²) in [7, 11) is 0. The van der Waals surface area contributed by atoms with Gasteiger partial charge in [0.25, 0.3) is 11.6 Å². The van der Waals surface area contributed by atoms with Crippen molar-refractivity contribution >= 4 is 27.5 Å². The first-order valence-corrected chi connectivity index (χ1v) is 7.17. The Balaban J connectivity index is 2.30. The standard InChI is InChI=1S/C13H16BrN3O3/c1-8-7-16(9(2)6-15-8)13(18)10-3-11(14)5-12(4-10)17(19)20/h3-5,8-9,15H,6-7H2,1-2H3. The number of hydrogen-bond donors (Lipinski definition) is 1. The van der Waals surface area contributed by atoms with Crippen molar-refractivity contribution in [2.45, 2.75) is 25.9 Å². The largest absolute Gasteiger partial charge is 0.333 e. The highest BCUT2D eigenvalue weighted by Crippen LogP contribution is 2.23. The number of amides is 1. The Hall–Kier alpha value is -1.47. The van der Waals surface area contributed by atoms with E-state index >= 15 is 0 Å². The van der Waals surface area contributed by atoms with Gasteiger partial charge in [-0.15, -0.1) is 0 Å². The van der Waals surface area contributed by atoms with E-state index in [0.29, 0.717) is 16.6 Å². The molecule has 1 aliphatic heterocycles. The molecule has 2 unspecified atom stereocenters. The van der Waals surface area contributed by atoms with Gasteiger partial charge in [0, 0.05) is 47.3 Å². The summed E-state index contributed by atoms with van der Waals surface area (Å²) in [5, 5.41) is 14.2. The molecule has 1 saturated heterocycles. The van der Waals surface area contributed by atoms with Gasteiger partial charge in [0.05, 0.1) is 4.92 Å². The van der Waals surface area contributed by atoms with Crippen molar-refractivity contribution in [1.29, 1.82) is 0 Å². The molecule has 0 aliphatic carbocycles. The van der Waals surface area contributed by atoms with Crippen molar-refractivity contribution in [3.8, 4) is 0 Å². The average molecular weight is 342 g/mol. The Morgan fingerprint density at radius 2 is 2.15 bits per heavy atom. The van der Waals surface area contributed by atoms with Gasteiger partial charge in [-0.3, -0.25) is 14.9 Å². The van der Waals surface area contributed by atoms with Crippen LogP contribution in [-0.4, -0.2) is 40.9 Å². The number of rotatable bonds is 2. The van der Waals surface area contributed by atoms with Crippen LogP contribution in [0.2, 0.25) is 0 Å². The maximum Gasteiger partial charge on any atom is 0.271 e.